The van der Waals surface area contributed by atoms with E-state index in [1.54, 1.807) is 16.8 Å². The van der Waals surface area contributed by atoms with Gasteiger partial charge in [-0.15, -0.1) is 5.10 Å². The van der Waals surface area contributed by atoms with E-state index in [1.165, 1.54) is 0 Å². The van der Waals surface area contributed by atoms with Crippen molar-refractivity contribution in [1.82, 2.24) is 25.5 Å². The Bertz CT molecular complexity index is 594. The molecule has 7 heteroatoms. The Kier molecular flexibility index (Phi) is 3.42. The monoisotopic (exact) mass is 273 g/mol. The van der Waals surface area contributed by atoms with Gasteiger partial charge in [-0.1, -0.05) is 30.3 Å². The molecule has 0 spiro atoms. The molecule has 1 fully saturated rings. The number of nitrogens with one attached hydrogen (secondary N) is 1. The lowest BCUT2D eigenvalue weighted by atomic mass is 10.1. The van der Waals surface area contributed by atoms with E-state index in [9.17, 15) is 9.90 Å². The maximum Gasteiger partial charge on any atom is 0.325 e. The van der Waals surface area contributed by atoms with Gasteiger partial charge in [0, 0.05) is 0 Å². The van der Waals surface area contributed by atoms with E-state index in [0.29, 0.717) is 24.0 Å². The summed E-state index contributed by atoms with van der Waals surface area (Å²) in [5.41, 5.74) is 0.713. The number of aromatic nitrogens is 4. The van der Waals surface area contributed by atoms with E-state index in [0.717, 1.165) is 12.8 Å². The van der Waals surface area contributed by atoms with Crippen LogP contribution in [0.5, 0.6) is 0 Å². The zero-order valence-corrected chi connectivity index (χ0v) is 10.8. The van der Waals surface area contributed by atoms with E-state index >= 15 is 0 Å². The highest BCUT2D eigenvalue weighted by atomic mass is 16.4. The van der Waals surface area contributed by atoms with Crippen LogP contribution in [-0.4, -0.2) is 31.3 Å². The first kappa shape index (κ1) is 12.7. The molecule has 1 heterocycles. The Hall–Kier alpha value is -2.28. The van der Waals surface area contributed by atoms with E-state index in [1.807, 2.05) is 18.2 Å². The second-order valence-corrected chi connectivity index (χ2v) is 4.83. The van der Waals surface area contributed by atoms with Gasteiger partial charge in [0.15, 0.2) is 5.82 Å². The highest BCUT2D eigenvalue weighted by Gasteiger charge is 2.28. The normalized spacial score (nSPS) is 16.0. The summed E-state index contributed by atoms with van der Waals surface area (Å²) in [5.74, 6) is -0.240. The van der Waals surface area contributed by atoms with E-state index in [2.05, 4.69) is 20.8 Å². The van der Waals surface area contributed by atoms with Gasteiger partial charge in [-0.25, -0.2) is 4.68 Å². The molecule has 0 unspecified atom stereocenters. The predicted molar refractivity (Wildman–Crippen MR) is 69.7 cm³/mol. The lowest BCUT2D eigenvalue weighted by molar-refractivity contribution is -0.139. The molecule has 1 saturated carbocycles. The van der Waals surface area contributed by atoms with Crippen molar-refractivity contribution in [2.24, 2.45) is 0 Å². The zero-order valence-electron chi connectivity index (χ0n) is 10.8. The Balaban J connectivity index is 1.71. The van der Waals surface area contributed by atoms with Gasteiger partial charge in [-0.05, 0) is 28.8 Å². The number of hydrogen-bond acceptors (Lipinski definition) is 5. The molecule has 1 aliphatic rings. The highest BCUT2D eigenvalue weighted by molar-refractivity contribution is 5.75. The third-order valence-corrected chi connectivity index (χ3v) is 3.30. The van der Waals surface area contributed by atoms with Gasteiger partial charge in [-0.2, -0.15) is 0 Å². The second kappa shape index (κ2) is 5.38. The number of carboxylic acid groups (broad SMARTS) is 1. The van der Waals surface area contributed by atoms with Crippen molar-refractivity contribution in [3.05, 3.63) is 41.7 Å². The first-order chi connectivity index (χ1) is 9.75. The first-order valence-corrected chi connectivity index (χ1v) is 6.53. The van der Waals surface area contributed by atoms with Crippen LogP contribution in [0.25, 0.3) is 0 Å². The summed E-state index contributed by atoms with van der Waals surface area (Å²) >= 11 is 0. The number of nitrogens with zero attached hydrogens (tertiary/aromatic N) is 4. The van der Waals surface area contributed by atoms with Gasteiger partial charge in [0.2, 0.25) is 0 Å². The van der Waals surface area contributed by atoms with Crippen LogP contribution in [0, 0.1) is 0 Å². The van der Waals surface area contributed by atoms with Gasteiger partial charge in [-0.3, -0.25) is 10.1 Å². The van der Waals surface area contributed by atoms with Crippen molar-refractivity contribution >= 4 is 5.97 Å². The van der Waals surface area contributed by atoms with Crippen LogP contribution < -0.4 is 5.32 Å². The fraction of sp³-hybridized carbons (Fsp3) is 0.385. The number of rotatable bonds is 6. The molecule has 20 heavy (non-hydrogen) atoms. The molecular weight excluding hydrogens is 258 g/mol. The molecule has 1 aliphatic carbocycles. The van der Waals surface area contributed by atoms with Gasteiger partial charge < -0.3 is 5.11 Å². The van der Waals surface area contributed by atoms with E-state index < -0.39 is 12.0 Å². The highest BCUT2D eigenvalue weighted by Crippen LogP contribution is 2.34. The summed E-state index contributed by atoms with van der Waals surface area (Å²) in [6.45, 7) is 0.329. The van der Waals surface area contributed by atoms with Crippen molar-refractivity contribution in [1.29, 1.82) is 0 Å². The maximum absolute atomic E-state index is 11.4. The van der Waals surface area contributed by atoms with Gasteiger partial charge in [0.1, 0.15) is 6.04 Å². The van der Waals surface area contributed by atoms with Crippen LogP contribution in [0.4, 0.5) is 0 Å². The molecule has 0 amide bonds. The molecule has 0 radical (unpaired) electrons. The number of benzene rings is 1. The van der Waals surface area contributed by atoms with Gasteiger partial charge >= 0.3 is 5.97 Å². The first-order valence-electron chi connectivity index (χ1n) is 6.53. The number of aliphatic carboxylic acids is 1. The Morgan fingerprint density at radius 2 is 2.15 bits per heavy atom. The molecule has 1 aromatic carbocycles. The Labute approximate surface area is 115 Å². The van der Waals surface area contributed by atoms with E-state index in [4.69, 9.17) is 0 Å². The summed E-state index contributed by atoms with van der Waals surface area (Å²) in [7, 11) is 0. The average Bonchev–Trinajstić information content (AvgIpc) is 3.19. The smallest absolute Gasteiger partial charge is 0.325 e. The topological polar surface area (TPSA) is 92.9 Å². The second-order valence-electron chi connectivity index (χ2n) is 4.83. The minimum Gasteiger partial charge on any atom is -0.480 e. The minimum absolute atomic E-state index is 0.329. The van der Waals surface area contributed by atoms with Crippen molar-refractivity contribution in [3.63, 3.8) is 0 Å². The standard InChI is InChI=1S/C13H15N5O2/c19-13(20)12(9-4-2-1-3-5-9)14-8-11-15-16-17-18(11)10-6-7-10/h1-5,10,12,14H,6-8H2,(H,19,20)/t12-/m0/s1. The van der Waals surface area contributed by atoms with E-state index in [-0.39, 0.29) is 0 Å². The molecule has 2 aromatic rings. The third kappa shape index (κ3) is 2.67. The fourth-order valence-electron chi connectivity index (χ4n) is 2.12. The molecule has 1 aromatic heterocycles. The van der Waals surface area contributed by atoms with Crippen LogP contribution in [0.15, 0.2) is 30.3 Å². The summed E-state index contributed by atoms with van der Waals surface area (Å²) in [6, 6.07) is 8.69. The van der Waals surface area contributed by atoms with Gasteiger partial charge in [0.05, 0.1) is 12.6 Å². The summed E-state index contributed by atoms with van der Waals surface area (Å²) in [5, 5.41) is 23.9. The van der Waals surface area contributed by atoms with Crippen molar-refractivity contribution in [2.75, 3.05) is 0 Å². The quantitative estimate of drug-likeness (QED) is 0.813. The molecule has 3 rings (SSSR count). The lowest BCUT2D eigenvalue weighted by Gasteiger charge is -2.14. The molecule has 0 saturated heterocycles. The number of hydrogen-bond donors (Lipinski definition) is 2. The number of tetrazole rings is 1. The SMILES string of the molecule is O=C(O)[C@@H](NCc1nnnn1C1CC1)c1ccccc1. The third-order valence-electron chi connectivity index (χ3n) is 3.30. The average molecular weight is 273 g/mol. The minimum atomic E-state index is -0.915. The predicted octanol–water partition coefficient (Wildman–Crippen LogP) is 0.923. The molecule has 104 valence electrons. The number of carbonyl (C=O) groups is 1. The molecule has 0 aliphatic heterocycles. The summed E-state index contributed by atoms with van der Waals surface area (Å²) in [4.78, 5) is 11.4. The molecular formula is C13H15N5O2. The largest absolute Gasteiger partial charge is 0.480 e. The molecule has 1 atom stereocenters. The van der Waals surface area contributed by atoms with Crippen LogP contribution in [-0.2, 0) is 11.3 Å². The van der Waals surface area contributed by atoms with Gasteiger partial charge in [0.25, 0.3) is 0 Å². The molecule has 0 bridgehead atoms. The summed E-state index contributed by atoms with van der Waals surface area (Å²) in [6.07, 6.45) is 2.16. The van der Waals surface area contributed by atoms with Crippen LogP contribution >= 0.6 is 0 Å². The Morgan fingerprint density at radius 1 is 1.40 bits per heavy atom. The van der Waals surface area contributed by atoms with Crippen LogP contribution in [0.2, 0.25) is 0 Å². The maximum atomic E-state index is 11.4. The zero-order chi connectivity index (χ0) is 13.9. The lowest BCUT2D eigenvalue weighted by Crippen LogP contribution is -2.29. The van der Waals surface area contributed by atoms with Crippen LogP contribution in [0.3, 0.4) is 0 Å². The molecule has 7 nitrogen and oxygen atoms in total. The van der Waals surface area contributed by atoms with Crippen LogP contribution in [0.1, 0.15) is 36.3 Å². The van der Waals surface area contributed by atoms with Crippen molar-refractivity contribution in [2.45, 2.75) is 31.5 Å². The molecule has 2 N–H and O–H groups in total. The fourth-order valence-corrected chi connectivity index (χ4v) is 2.12. The van der Waals surface area contributed by atoms with Crippen molar-refractivity contribution in [3.8, 4) is 0 Å². The Morgan fingerprint density at radius 3 is 2.80 bits per heavy atom. The summed E-state index contributed by atoms with van der Waals surface area (Å²) < 4.78 is 1.77. The number of carboxylic acids is 1. The van der Waals surface area contributed by atoms with Crippen molar-refractivity contribution < 1.29 is 9.90 Å².